The van der Waals surface area contributed by atoms with Crippen LogP contribution in [0.4, 0.5) is 0 Å². The van der Waals surface area contributed by atoms with Crippen LogP contribution in [0, 0.1) is 0 Å². The molecule has 0 saturated heterocycles. The van der Waals surface area contributed by atoms with Crippen LogP contribution in [0.3, 0.4) is 0 Å². The molecule has 0 aromatic heterocycles. The van der Waals surface area contributed by atoms with Gasteiger partial charge in [0.2, 0.25) is 17.7 Å². The van der Waals surface area contributed by atoms with Crippen LogP contribution in [0.25, 0.3) is 0 Å². The topological polar surface area (TPSA) is 87.3 Å². The lowest BCUT2D eigenvalue weighted by Gasteiger charge is -2.29. The van der Waals surface area contributed by atoms with E-state index in [2.05, 4.69) is 14.9 Å². The molecule has 7 heteroatoms. The maximum absolute atomic E-state index is 12.7. The molecule has 164 valence electrons. The van der Waals surface area contributed by atoms with Crippen molar-refractivity contribution in [2.24, 2.45) is 0 Å². The maximum Gasteiger partial charge on any atom is 0.375 e. The van der Waals surface area contributed by atoms with Crippen LogP contribution in [0.15, 0.2) is 91.0 Å². The minimum Gasteiger partial charge on any atom is -0.348 e. The molecule has 3 rings (SSSR count). The lowest BCUT2D eigenvalue weighted by Crippen LogP contribution is -2.74. The third-order valence-corrected chi connectivity index (χ3v) is 7.13. The summed E-state index contributed by atoms with van der Waals surface area (Å²) in [6, 6.07) is 28.0. The summed E-state index contributed by atoms with van der Waals surface area (Å²) in [4.78, 5) is 46.9. The first-order valence-electron chi connectivity index (χ1n) is 10.5. The summed E-state index contributed by atoms with van der Waals surface area (Å²) in [7, 11) is -3.20. The minimum atomic E-state index is -3.20. The molecule has 0 unspecified atom stereocenters. The van der Waals surface area contributed by atoms with Gasteiger partial charge in [-0.1, -0.05) is 91.0 Å². The highest BCUT2D eigenvalue weighted by atomic mass is 28.4. The molecule has 6 nitrogen and oxygen atoms in total. The summed E-state index contributed by atoms with van der Waals surface area (Å²) in [5, 5.41) is 0. The van der Waals surface area contributed by atoms with Gasteiger partial charge in [-0.25, -0.2) is 0 Å². The molecular weight excluding hydrogens is 418 g/mol. The van der Waals surface area contributed by atoms with Crippen LogP contribution in [-0.4, -0.2) is 26.3 Å². The fraction of sp³-hybridized carbons (Fsp3) is 0.160. The first-order valence-corrected chi connectivity index (χ1v) is 13.0. The first kappa shape index (κ1) is 23.0. The van der Waals surface area contributed by atoms with Crippen molar-refractivity contribution in [1.82, 2.24) is 14.9 Å². The zero-order valence-corrected chi connectivity index (χ0v) is 19.0. The number of nitrogens with one attached hydrogen (secondary N) is 3. The average Bonchev–Trinajstić information content (AvgIpc) is 2.75. The molecule has 0 saturated carbocycles. The lowest BCUT2D eigenvalue weighted by molar-refractivity contribution is -0.119. The van der Waals surface area contributed by atoms with Gasteiger partial charge in [-0.15, -0.1) is 0 Å². The Labute approximate surface area is 189 Å². The molecule has 0 aliphatic carbocycles. The third kappa shape index (κ3) is 7.52. The molecule has 0 fully saturated rings. The Balaban J connectivity index is 1.70. The molecule has 0 aliphatic heterocycles. The summed E-state index contributed by atoms with van der Waals surface area (Å²) in [6.45, 7) is 1.71. The molecule has 3 aromatic rings. The molecule has 0 aliphatic rings. The number of hydrogen-bond donors (Lipinski definition) is 3. The highest BCUT2D eigenvalue weighted by Crippen LogP contribution is 2.04. The molecule has 32 heavy (non-hydrogen) atoms. The Kier molecular flexibility index (Phi) is 7.94. The van der Waals surface area contributed by atoms with Crippen LogP contribution >= 0.6 is 0 Å². The Morgan fingerprint density at radius 1 is 0.531 bits per heavy atom. The first-order chi connectivity index (χ1) is 15.4. The van der Waals surface area contributed by atoms with Crippen molar-refractivity contribution in [3.8, 4) is 0 Å². The Hall–Kier alpha value is -3.71. The highest BCUT2D eigenvalue weighted by Gasteiger charge is 2.35. The predicted molar refractivity (Wildman–Crippen MR) is 126 cm³/mol. The fourth-order valence-electron chi connectivity index (χ4n) is 3.41. The van der Waals surface area contributed by atoms with Gasteiger partial charge in [-0.3, -0.25) is 14.4 Å². The van der Waals surface area contributed by atoms with Gasteiger partial charge in [0, 0.05) is 0 Å². The molecule has 3 aromatic carbocycles. The van der Waals surface area contributed by atoms with Crippen molar-refractivity contribution in [3.05, 3.63) is 108 Å². The van der Waals surface area contributed by atoms with E-state index in [0.29, 0.717) is 0 Å². The van der Waals surface area contributed by atoms with E-state index in [9.17, 15) is 14.4 Å². The van der Waals surface area contributed by atoms with Gasteiger partial charge in [-0.05, 0) is 23.2 Å². The second kappa shape index (κ2) is 11.1. The number of rotatable bonds is 9. The maximum atomic E-state index is 12.7. The predicted octanol–water partition coefficient (Wildman–Crippen LogP) is 2.63. The second-order valence-electron chi connectivity index (χ2n) is 7.76. The number of carbonyl (C=O) groups is 3. The van der Waals surface area contributed by atoms with E-state index in [4.69, 9.17) is 0 Å². The van der Waals surface area contributed by atoms with Crippen molar-refractivity contribution < 1.29 is 14.4 Å². The largest absolute Gasteiger partial charge is 0.375 e. The van der Waals surface area contributed by atoms with Crippen molar-refractivity contribution in [2.75, 3.05) is 0 Å². The molecular formula is C25H27N3O3Si. The van der Waals surface area contributed by atoms with Crippen molar-refractivity contribution >= 4 is 26.3 Å². The average molecular weight is 446 g/mol. The van der Waals surface area contributed by atoms with Gasteiger partial charge >= 0.3 is 8.56 Å². The number of carbonyl (C=O) groups excluding carboxylic acids is 3. The van der Waals surface area contributed by atoms with Crippen molar-refractivity contribution in [2.45, 2.75) is 25.8 Å². The summed E-state index contributed by atoms with van der Waals surface area (Å²) >= 11 is 0. The van der Waals surface area contributed by atoms with E-state index >= 15 is 0 Å². The van der Waals surface area contributed by atoms with E-state index in [0.717, 1.165) is 16.7 Å². The standard InChI is InChI=1S/C25H27N3O3Si/c1-32(26-23(29)17-20-11-5-2-6-12-20,27-24(30)18-21-13-7-3-8-14-21)28-25(31)19-22-15-9-4-10-16-22/h2-16H,17-19H2,1H3,(H,26,29)(H,27,30)(H,28,31). The van der Waals surface area contributed by atoms with E-state index in [1.807, 2.05) is 91.0 Å². The van der Waals surface area contributed by atoms with E-state index in [1.54, 1.807) is 6.55 Å². The van der Waals surface area contributed by atoms with Crippen molar-refractivity contribution in [1.29, 1.82) is 0 Å². The fourth-order valence-corrected chi connectivity index (χ4v) is 5.53. The lowest BCUT2D eigenvalue weighted by atomic mass is 10.1. The van der Waals surface area contributed by atoms with Crippen LogP contribution in [0.5, 0.6) is 0 Å². The van der Waals surface area contributed by atoms with E-state index < -0.39 is 8.56 Å². The van der Waals surface area contributed by atoms with Gasteiger partial charge in [-0.2, -0.15) is 0 Å². The van der Waals surface area contributed by atoms with Crippen molar-refractivity contribution in [3.63, 3.8) is 0 Å². The third-order valence-electron chi connectivity index (χ3n) is 4.79. The minimum absolute atomic E-state index is 0.159. The zero-order valence-electron chi connectivity index (χ0n) is 18.0. The Morgan fingerprint density at radius 3 is 1.03 bits per heavy atom. The van der Waals surface area contributed by atoms with Crippen LogP contribution in [0.2, 0.25) is 6.55 Å². The Bertz CT molecular complexity index is 909. The van der Waals surface area contributed by atoms with Crippen LogP contribution in [-0.2, 0) is 33.6 Å². The summed E-state index contributed by atoms with van der Waals surface area (Å²) in [5.41, 5.74) is 2.56. The number of hydrogen-bond acceptors (Lipinski definition) is 3. The number of amides is 3. The molecule has 3 N–H and O–H groups in total. The van der Waals surface area contributed by atoms with E-state index in [-0.39, 0.29) is 37.0 Å². The summed E-state index contributed by atoms with van der Waals surface area (Å²) in [6.07, 6.45) is 0.478. The summed E-state index contributed by atoms with van der Waals surface area (Å²) < 4.78 is 0. The van der Waals surface area contributed by atoms with Crippen LogP contribution < -0.4 is 14.9 Å². The Morgan fingerprint density at radius 2 is 0.781 bits per heavy atom. The normalized spacial score (nSPS) is 10.8. The highest BCUT2D eigenvalue weighted by molar-refractivity contribution is 6.77. The van der Waals surface area contributed by atoms with Gasteiger partial charge in [0.15, 0.2) is 0 Å². The van der Waals surface area contributed by atoms with E-state index in [1.165, 1.54) is 0 Å². The van der Waals surface area contributed by atoms with Crippen LogP contribution in [0.1, 0.15) is 16.7 Å². The molecule has 0 bridgehead atoms. The SMILES string of the molecule is C[Si](NC(=O)Cc1ccccc1)(NC(=O)Cc1ccccc1)NC(=O)Cc1ccccc1. The molecule has 0 heterocycles. The van der Waals surface area contributed by atoms with Gasteiger partial charge in [0.25, 0.3) is 0 Å². The molecule has 0 atom stereocenters. The molecule has 3 amide bonds. The second-order valence-corrected chi connectivity index (χ2v) is 10.8. The summed E-state index contributed by atoms with van der Waals surface area (Å²) in [5.74, 6) is -0.777. The van der Waals surface area contributed by atoms with Gasteiger partial charge < -0.3 is 14.9 Å². The zero-order chi connectivity index (χ0) is 22.8. The molecule has 0 radical (unpaired) electrons. The smallest absolute Gasteiger partial charge is 0.348 e. The quantitative estimate of drug-likeness (QED) is 0.443. The van der Waals surface area contributed by atoms with Gasteiger partial charge in [0.1, 0.15) is 0 Å². The monoisotopic (exact) mass is 445 g/mol. The van der Waals surface area contributed by atoms with Gasteiger partial charge in [0.05, 0.1) is 19.3 Å². The number of benzene rings is 3. The molecule has 0 spiro atoms.